The summed E-state index contributed by atoms with van der Waals surface area (Å²) in [5.41, 5.74) is 1.82. The lowest BCUT2D eigenvalue weighted by molar-refractivity contribution is -0.128. The van der Waals surface area contributed by atoms with E-state index in [9.17, 15) is 24.0 Å². The highest BCUT2D eigenvalue weighted by molar-refractivity contribution is 5.90. The maximum atomic E-state index is 13.1. The number of hydrogen-bond acceptors (Lipinski definition) is 6. The first-order valence-electron chi connectivity index (χ1n) is 15.4. The SMILES string of the molecule is CC(C)C.O=C[C@H](C[C@@H]1CCNC1=O)NC(=O)CNC(=O)[C@H](CCc1cccc2ccccc12)NC(=O)OCc1ccccc1.[HH].[HH].[HH].[HH]. The maximum Gasteiger partial charge on any atom is 0.408 e. The number of rotatable bonds is 13. The first-order valence-corrected chi connectivity index (χ1v) is 15.4. The third-order valence-corrected chi connectivity index (χ3v) is 7.04. The molecule has 1 heterocycles. The summed E-state index contributed by atoms with van der Waals surface area (Å²) in [6, 6.07) is 21.2. The van der Waals surface area contributed by atoms with Gasteiger partial charge >= 0.3 is 6.09 Å². The van der Waals surface area contributed by atoms with Gasteiger partial charge in [0.1, 0.15) is 18.9 Å². The lowest BCUT2D eigenvalue weighted by atomic mass is 9.98. The fourth-order valence-electron chi connectivity index (χ4n) is 4.86. The number of ether oxygens (including phenoxy) is 1. The van der Waals surface area contributed by atoms with Crippen LogP contribution >= 0.6 is 0 Å². The number of hydrogen-bond donors (Lipinski definition) is 4. The first kappa shape index (κ1) is 34.8. The molecule has 0 saturated carbocycles. The Bertz CT molecular complexity index is 1440. The van der Waals surface area contributed by atoms with Crippen LogP contribution in [0.2, 0.25) is 0 Å². The molecule has 4 rings (SSSR count). The van der Waals surface area contributed by atoms with Gasteiger partial charge in [-0.3, -0.25) is 14.4 Å². The normalized spacial score (nSPS) is 15.2. The third kappa shape index (κ3) is 12.1. The Morgan fingerprint density at radius 1 is 0.978 bits per heavy atom. The minimum absolute atomic E-state index is 0. The maximum absolute atomic E-state index is 13.1. The molecule has 1 aliphatic rings. The summed E-state index contributed by atoms with van der Waals surface area (Å²) in [6.45, 7) is 6.68. The van der Waals surface area contributed by atoms with E-state index in [4.69, 9.17) is 4.74 Å². The zero-order valence-corrected chi connectivity index (χ0v) is 26.2. The highest BCUT2D eigenvalue weighted by Crippen LogP contribution is 2.20. The smallest absolute Gasteiger partial charge is 0.408 e. The average molecular weight is 625 g/mol. The van der Waals surface area contributed by atoms with Crippen molar-refractivity contribution in [2.24, 2.45) is 11.8 Å². The van der Waals surface area contributed by atoms with Crippen LogP contribution in [0.15, 0.2) is 72.8 Å². The molecule has 0 bridgehead atoms. The van der Waals surface area contributed by atoms with Gasteiger partial charge < -0.3 is 30.8 Å². The van der Waals surface area contributed by atoms with Crippen LogP contribution in [0.25, 0.3) is 10.8 Å². The van der Waals surface area contributed by atoms with Crippen LogP contribution in [0.1, 0.15) is 56.9 Å². The minimum Gasteiger partial charge on any atom is -0.445 e. The zero-order chi connectivity index (χ0) is 32.6. The number of benzene rings is 3. The largest absolute Gasteiger partial charge is 0.445 e. The molecule has 0 aliphatic carbocycles. The molecule has 10 nitrogen and oxygen atoms in total. The molecule has 3 atom stereocenters. The highest BCUT2D eigenvalue weighted by atomic mass is 16.5. The fraction of sp³-hybridized carbons (Fsp3) is 0.400. The number of aldehydes is 1. The average Bonchev–Trinajstić information content (AvgIpc) is 3.44. The van der Waals surface area contributed by atoms with Crippen molar-refractivity contribution in [3.63, 3.8) is 0 Å². The van der Waals surface area contributed by atoms with Crippen molar-refractivity contribution in [2.75, 3.05) is 13.1 Å². The fourth-order valence-corrected chi connectivity index (χ4v) is 4.86. The van der Waals surface area contributed by atoms with E-state index in [2.05, 4.69) is 42.0 Å². The van der Waals surface area contributed by atoms with Crippen molar-refractivity contribution in [2.45, 2.75) is 65.1 Å². The second kappa shape index (κ2) is 18.2. The van der Waals surface area contributed by atoms with Gasteiger partial charge in [0.15, 0.2) is 0 Å². The van der Waals surface area contributed by atoms with Crippen molar-refractivity contribution in [3.8, 4) is 0 Å². The van der Waals surface area contributed by atoms with Crippen molar-refractivity contribution in [1.29, 1.82) is 0 Å². The lowest BCUT2D eigenvalue weighted by Gasteiger charge is -2.20. The van der Waals surface area contributed by atoms with Gasteiger partial charge in [0.05, 0.1) is 12.6 Å². The van der Waals surface area contributed by atoms with Crippen LogP contribution in [-0.4, -0.2) is 55.3 Å². The molecule has 0 unspecified atom stereocenters. The molecular formula is C35H52N4O6. The third-order valence-electron chi connectivity index (χ3n) is 7.04. The van der Waals surface area contributed by atoms with Gasteiger partial charge in [-0.25, -0.2) is 4.79 Å². The molecule has 248 valence electrons. The van der Waals surface area contributed by atoms with Gasteiger partial charge in [-0.1, -0.05) is 93.6 Å². The molecule has 1 aliphatic heterocycles. The van der Waals surface area contributed by atoms with E-state index in [1.165, 1.54) is 0 Å². The van der Waals surface area contributed by atoms with Crippen molar-refractivity contribution in [3.05, 3.63) is 83.9 Å². The summed E-state index contributed by atoms with van der Waals surface area (Å²) in [6.07, 6.45) is 1.37. The van der Waals surface area contributed by atoms with E-state index in [1.807, 2.05) is 72.8 Å². The molecule has 45 heavy (non-hydrogen) atoms. The molecule has 0 aromatic heterocycles. The van der Waals surface area contributed by atoms with Crippen LogP contribution in [0.5, 0.6) is 0 Å². The molecule has 1 saturated heterocycles. The number of carbonyl (C=O) groups is 5. The van der Waals surface area contributed by atoms with E-state index >= 15 is 0 Å². The summed E-state index contributed by atoms with van der Waals surface area (Å²) < 4.78 is 5.31. The van der Waals surface area contributed by atoms with Crippen molar-refractivity contribution in [1.82, 2.24) is 21.3 Å². The minimum atomic E-state index is -0.978. The number of fused-ring (bicyclic) bond motifs is 1. The monoisotopic (exact) mass is 624 g/mol. The second-order valence-corrected chi connectivity index (χ2v) is 11.7. The molecular weight excluding hydrogens is 572 g/mol. The Kier molecular flexibility index (Phi) is 14.0. The predicted octanol–water partition coefficient (Wildman–Crippen LogP) is 5.04. The topological polar surface area (TPSA) is 143 Å². The van der Waals surface area contributed by atoms with E-state index in [0.29, 0.717) is 25.7 Å². The van der Waals surface area contributed by atoms with Crippen molar-refractivity contribution < 1.29 is 34.4 Å². The molecule has 0 spiro atoms. The number of nitrogens with one attached hydrogen (secondary N) is 4. The Balaban J connectivity index is 0. The standard InChI is InChI=1S/C31H34N4O6.C4H10.4H2/c36-19-25(17-24-15-16-32-29(24)38)34-28(37)18-33-30(39)27(35-31(40)41-20-21-7-2-1-3-8-21)14-13-23-11-6-10-22-9-4-5-12-26(22)23;1-4(2)3;;;;/h1-12,19,24-25,27H,13-18,20H2,(H,32,38)(H,33,39)(H,34,37)(H,35,40);4H,1-3H3;4*1H/t24-,25-,27-;;;;;/m0...../s1. The van der Waals surface area contributed by atoms with E-state index in [0.717, 1.165) is 27.8 Å². The quantitative estimate of drug-likeness (QED) is 0.196. The molecule has 1 fully saturated rings. The number of carbonyl (C=O) groups excluding carboxylic acids is 5. The predicted molar refractivity (Wildman–Crippen MR) is 182 cm³/mol. The van der Waals surface area contributed by atoms with Gasteiger partial charge in [-0.05, 0) is 53.5 Å². The van der Waals surface area contributed by atoms with Crippen LogP contribution in [-0.2, 0) is 36.9 Å². The molecule has 4 N–H and O–H groups in total. The van der Waals surface area contributed by atoms with E-state index in [-0.39, 0.29) is 37.0 Å². The Morgan fingerprint density at radius 3 is 2.36 bits per heavy atom. The van der Waals surface area contributed by atoms with Gasteiger partial charge in [-0.2, -0.15) is 0 Å². The van der Waals surface area contributed by atoms with Crippen molar-refractivity contribution >= 4 is 40.9 Å². The van der Waals surface area contributed by atoms with Crippen LogP contribution in [0.3, 0.4) is 0 Å². The molecule has 3 aromatic carbocycles. The van der Waals surface area contributed by atoms with Gasteiger partial charge in [0.2, 0.25) is 17.7 Å². The summed E-state index contributed by atoms with van der Waals surface area (Å²) >= 11 is 0. The highest BCUT2D eigenvalue weighted by Gasteiger charge is 2.28. The van der Waals surface area contributed by atoms with Gasteiger partial charge in [0, 0.05) is 18.2 Å². The Labute approximate surface area is 270 Å². The molecule has 0 radical (unpaired) electrons. The van der Waals surface area contributed by atoms with Gasteiger partial charge in [-0.15, -0.1) is 0 Å². The molecule has 3 aromatic rings. The van der Waals surface area contributed by atoms with E-state index < -0.39 is 36.5 Å². The van der Waals surface area contributed by atoms with Crippen LogP contribution in [0, 0.1) is 11.8 Å². The van der Waals surface area contributed by atoms with Crippen LogP contribution in [0.4, 0.5) is 4.79 Å². The number of amides is 4. The Morgan fingerprint density at radius 2 is 1.67 bits per heavy atom. The lowest BCUT2D eigenvalue weighted by Crippen LogP contribution is -2.50. The summed E-state index contributed by atoms with van der Waals surface area (Å²) in [5, 5.41) is 12.6. The van der Waals surface area contributed by atoms with Gasteiger partial charge in [0.25, 0.3) is 0 Å². The second-order valence-electron chi connectivity index (χ2n) is 11.7. The first-order chi connectivity index (χ1) is 21.7. The zero-order valence-electron chi connectivity index (χ0n) is 26.2. The molecule has 10 heteroatoms. The van der Waals surface area contributed by atoms with Crippen LogP contribution < -0.4 is 21.3 Å². The van der Waals surface area contributed by atoms with E-state index in [1.54, 1.807) is 0 Å². The molecule has 4 amide bonds. The Hall–Kier alpha value is -4.73. The number of aryl methyl sites for hydroxylation is 1. The summed E-state index contributed by atoms with van der Waals surface area (Å²) in [7, 11) is 0. The summed E-state index contributed by atoms with van der Waals surface area (Å²) in [5.74, 6) is -0.786. The number of alkyl carbamates (subject to hydrolysis) is 1. The summed E-state index contributed by atoms with van der Waals surface area (Å²) in [4.78, 5) is 61.5.